The van der Waals surface area contributed by atoms with Crippen molar-refractivity contribution >= 4 is 17.9 Å². The first-order chi connectivity index (χ1) is 9.13. The summed E-state index contributed by atoms with van der Waals surface area (Å²) in [7, 11) is 2.53. The summed E-state index contributed by atoms with van der Waals surface area (Å²) in [6.07, 6.45) is 3.80. The molecule has 0 aliphatic rings. The molecule has 0 saturated carbocycles. The zero-order valence-corrected chi connectivity index (χ0v) is 14.4. The van der Waals surface area contributed by atoms with Crippen LogP contribution >= 0.6 is 0 Å². The van der Waals surface area contributed by atoms with Gasteiger partial charge in [0.25, 0.3) is 5.88 Å². The zero-order valence-electron chi connectivity index (χ0n) is 11.6. The molecule has 105 valence electrons. The summed E-state index contributed by atoms with van der Waals surface area (Å²) in [6, 6.07) is 0. The fourth-order valence-corrected chi connectivity index (χ4v) is 1.15. The van der Waals surface area contributed by atoms with E-state index in [2.05, 4.69) is 36.1 Å². The van der Waals surface area contributed by atoms with Crippen molar-refractivity contribution in [2.45, 2.75) is 13.8 Å². The standard InChI is InChI=1S/C11H13N4O4.Y/c1-5-13-19-10-8(6-12-7(2)14-10)9(15-18-4)11(16)17-3;/h6H,1-4H3;/q-1;/b15-9+;. The molecule has 0 unspecified atom stereocenters. The third-order valence-electron chi connectivity index (χ3n) is 1.91. The van der Waals surface area contributed by atoms with Gasteiger partial charge in [0, 0.05) is 38.9 Å². The zero-order chi connectivity index (χ0) is 14.3. The maximum atomic E-state index is 11.6. The van der Waals surface area contributed by atoms with E-state index in [9.17, 15) is 4.79 Å². The molecule has 1 rings (SSSR count). The average molecular weight is 354 g/mol. The number of carbonyl (C=O) groups excluding carboxylic acids is 1. The van der Waals surface area contributed by atoms with Gasteiger partial charge in [-0.15, -0.1) is 0 Å². The van der Waals surface area contributed by atoms with E-state index in [1.165, 1.54) is 20.4 Å². The predicted molar refractivity (Wildman–Crippen MR) is 66.1 cm³/mol. The Morgan fingerprint density at radius 2 is 2.10 bits per heavy atom. The van der Waals surface area contributed by atoms with Crippen LogP contribution in [0.5, 0.6) is 5.88 Å². The SMILES string of the molecule is C[C-]=NOc1nc(C)ncc1/C(=N\OC)C(=O)OC.[Y]. The molecule has 20 heavy (non-hydrogen) atoms. The summed E-state index contributed by atoms with van der Waals surface area (Å²) in [5.41, 5.74) is 0.0876. The molecule has 0 bridgehead atoms. The Morgan fingerprint density at radius 3 is 2.65 bits per heavy atom. The molecule has 0 spiro atoms. The van der Waals surface area contributed by atoms with Crippen LogP contribution in [0.2, 0.25) is 0 Å². The molecule has 1 heterocycles. The fourth-order valence-electron chi connectivity index (χ4n) is 1.15. The van der Waals surface area contributed by atoms with E-state index < -0.39 is 5.97 Å². The van der Waals surface area contributed by atoms with Gasteiger partial charge in [0.15, 0.2) is 0 Å². The number of ether oxygens (including phenoxy) is 1. The van der Waals surface area contributed by atoms with Crippen LogP contribution in [-0.4, -0.2) is 42.1 Å². The van der Waals surface area contributed by atoms with Crippen LogP contribution in [0.3, 0.4) is 0 Å². The van der Waals surface area contributed by atoms with Crippen molar-refractivity contribution in [1.29, 1.82) is 0 Å². The van der Waals surface area contributed by atoms with Crippen LogP contribution in [0, 0.1) is 6.92 Å². The first-order valence-corrected chi connectivity index (χ1v) is 5.21. The van der Waals surface area contributed by atoms with Crippen LogP contribution in [0.4, 0.5) is 0 Å². The second-order valence-electron chi connectivity index (χ2n) is 3.16. The second kappa shape index (κ2) is 9.49. The van der Waals surface area contributed by atoms with Crippen molar-refractivity contribution in [2.24, 2.45) is 10.3 Å². The van der Waals surface area contributed by atoms with Gasteiger partial charge in [0.05, 0.1) is 12.7 Å². The quantitative estimate of drug-likeness (QED) is 0.332. The summed E-state index contributed by atoms with van der Waals surface area (Å²) >= 11 is 0. The van der Waals surface area contributed by atoms with Crippen molar-refractivity contribution in [3.05, 3.63) is 17.6 Å². The molecule has 1 aromatic rings. The minimum Gasteiger partial charge on any atom is -0.464 e. The van der Waals surface area contributed by atoms with Gasteiger partial charge in [-0.1, -0.05) is 5.16 Å². The Hall–Kier alpha value is -1.41. The summed E-state index contributed by atoms with van der Waals surface area (Å²) in [4.78, 5) is 29.2. The van der Waals surface area contributed by atoms with E-state index in [1.807, 2.05) is 0 Å². The number of aryl methyl sites for hydroxylation is 1. The summed E-state index contributed by atoms with van der Waals surface area (Å²) in [5, 5.41) is 7.07. The molecule has 8 nitrogen and oxygen atoms in total. The molecule has 0 fully saturated rings. The number of nitrogens with zero attached hydrogens (tertiary/aromatic N) is 4. The summed E-state index contributed by atoms with van der Waals surface area (Å²) in [6.45, 7) is 3.22. The maximum absolute atomic E-state index is 11.6. The van der Waals surface area contributed by atoms with Crippen molar-refractivity contribution in [3.8, 4) is 5.88 Å². The van der Waals surface area contributed by atoms with E-state index >= 15 is 0 Å². The second-order valence-corrected chi connectivity index (χ2v) is 3.16. The number of hydrogen-bond donors (Lipinski definition) is 0. The predicted octanol–water partition coefficient (Wildman–Crippen LogP) is 0.568. The molecule has 0 atom stereocenters. The molecule has 1 aromatic heterocycles. The summed E-state index contributed by atoms with van der Waals surface area (Å²) in [5.74, 6) is -0.196. The molecule has 1 radical (unpaired) electrons. The maximum Gasteiger partial charge on any atom is 0.361 e. The van der Waals surface area contributed by atoms with Crippen LogP contribution < -0.4 is 4.84 Å². The van der Waals surface area contributed by atoms with E-state index in [4.69, 9.17) is 4.84 Å². The number of methoxy groups -OCH3 is 1. The number of hydrogen-bond acceptors (Lipinski definition) is 8. The Balaban J connectivity index is 0.00000361. The molecule has 0 aliphatic carbocycles. The fraction of sp³-hybridized carbons (Fsp3) is 0.364. The third kappa shape index (κ3) is 4.94. The molecular formula is C11H13N4O4Y-. The monoisotopic (exact) mass is 354 g/mol. The molecule has 9 heteroatoms. The van der Waals surface area contributed by atoms with Gasteiger partial charge < -0.3 is 25.8 Å². The van der Waals surface area contributed by atoms with Crippen molar-refractivity contribution < 1.29 is 51.9 Å². The van der Waals surface area contributed by atoms with Gasteiger partial charge in [-0.25, -0.2) is 9.78 Å². The third-order valence-corrected chi connectivity index (χ3v) is 1.91. The largest absolute Gasteiger partial charge is 0.464 e. The first kappa shape index (κ1) is 18.6. The number of carbonyl (C=O) groups is 1. The number of oxime groups is 1. The van der Waals surface area contributed by atoms with E-state index in [-0.39, 0.29) is 49.9 Å². The first-order valence-electron chi connectivity index (χ1n) is 5.21. The van der Waals surface area contributed by atoms with Gasteiger partial charge >= 0.3 is 5.97 Å². The Kier molecular flexibility index (Phi) is 8.82. The molecule has 0 N–H and O–H groups in total. The minimum atomic E-state index is -0.705. The van der Waals surface area contributed by atoms with Gasteiger partial charge in [-0.05, 0) is 6.92 Å². The Bertz CT molecular complexity index is 519. The van der Waals surface area contributed by atoms with E-state index in [1.54, 1.807) is 13.8 Å². The van der Waals surface area contributed by atoms with Gasteiger partial charge in [0.2, 0.25) is 5.71 Å². The minimum absolute atomic E-state index is 0. The van der Waals surface area contributed by atoms with Gasteiger partial charge in [-0.2, -0.15) is 11.9 Å². The van der Waals surface area contributed by atoms with Gasteiger partial charge in [0.1, 0.15) is 12.9 Å². The topological polar surface area (TPSA) is 95.3 Å². The molecular weight excluding hydrogens is 341 g/mol. The molecule has 0 amide bonds. The number of esters is 1. The van der Waals surface area contributed by atoms with Crippen LogP contribution in [0.25, 0.3) is 0 Å². The van der Waals surface area contributed by atoms with Crippen molar-refractivity contribution in [3.63, 3.8) is 0 Å². The van der Waals surface area contributed by atoms with Crippen LogP contribution in [0.15, 0.2) is 16.5 Å². The van der Waals surface area contributed by atoms with Crippen molar-refractivity contribution in [1.82, 2.24) is 9.97 Å². The van der Waals surface area contributed by atoms with Crippen LogP contribution in [0.1, 0.15) is 18.3 Å². The van der Waals surface area contributed by atoms with E-state index in [0.29, 0.717) is 5.82 Å². The summed E-state index contributed by atoms with van der Waals surface area (Å²) < 4.78 is 4.60. The number of rotatable bonds is 5. The Morgan fingerprint density at radius 1 is 1.40 bits per heavy atom. The van der Waals surface area contributed by atoms with E-state index in [0.717, 1.165) is 0 Å². The molecule has 0 saturated heterocycles. The normalized spacial score (nSPS) is 10.9. The molecule has 0 aromatic carbocycles. The van der Waals surface area contributed by atoms with Crippen LogP contribution in [-0.2, 0) is 47.1 Å². The smallest absolute Gasteiger partial charge is 0.361 e. The van der Waals surface area contributed by atoms with Gasteiger partial charge in [-0.3, -0.25) is 0 Å². The molecule has 0 aliphatic heterocycles. The Labute approximate surface area is 141 Å². The van der Waals surface area contributed by atoms with Crippen molar-refractivity contribution in [2.75, 3.05) is 14.2 Å². The number of aromatic nitrogens is 2. The average Bonchev–Trinajstić information content (AvgIpc) is 2.42.